The second kappa shape index (κ2) is 7.95. The second-order valence-electron chi connectivity index (χ2n) is 7.09. The van der Waals surface area contributed by atoms with Crippen molar-refractivity contribution in [2.24, 2.45) is 0 Å². The molecule has 4 rings (SSSR count). The van der Waals surface area contributed by atoms with E-state index in [1.165, 1.54) is 12.5 Å². The Morgan fingerprint density at radius 2 is 1.70 bits per heavy atom. The third-order valence-corrected chi connectivity index (χ3v) is 7.28. The first kappa shape index (κ1) is 18.4. The van der Waals surface area contributed by atoms with Crippen LogP contribution >= 0.6 is 0 Å². The Hall–Kier alpha value is -1.97. The van der Waals surface area contributed by atoms with Gasteiger partial charge in [-0.15, -0.1) is 0 Å². The van der Waals surface area contributed by atoms with Gasteiger partial charge in [0.15, 0.2) is 5.03 Å². The molecule has 27 heavy (non-hydrogen) atoms. The molecule has 8 nitrogen and oxygen atoms in total. The van der Waals surface area contributed by atoms with Crippen LogP contribution in [0.4, 0.5) is 0 Å². The molecule has 2 aliphatic heterocycles. The molecular formula is C18H25N5O3S. The number of likely N-dealkylation sites (tertiary alicyclic amines) is 1. The largest absolute Gasteiger partial charge is 0.490 e. The number of aromatic nitrogens is 3. The maximum absolute atomic E-state index is 12.6. The molecule has 2 saturated heterocycles. The first-order chi connectivity index (χ1) is 13.1. The van der Waals surface area contributed by atoms with Gasteiger partial charge in [-0.2, -0.15) is 4.31 Å². The number of H-pyrrole nitrogens is 1. The van der Waals surface area contributed by atoms with E-state index < -0.39 is 10.0 Å². The fraction of sp³-hybridized carbons (Fsp3) is 0.556. The van der Waals surface area contributed by atoms with Crippen LogP contribution in [0.2, 0.25) is 0 Å². The minimum absolute atomic E-state index is 0.176. The molecule has 2 aliphatic rings. The zero-order valence-corrected chi connectivity index (χ0v) is 16.0. The quantitative estimate of drug-likeness (QED) is 0.831. The van der Waals surface area contributed by atoms with Gasteiger partial charge >= 0.3 is 0 Å². The highest BCUT2D eigenvalue weighted by Crippen LogP contribution is 2.25. The van der Waals surface area contributed by atoms with E-state index in [0.29, 0.717) is 19.1 Å². The van der Waals surface area contributed by atoms with Crippen LogP contribution in [0.3, 0.4) is 0 Å². The summed E-state index contributed by atoms with van der Waals surface area (Å²) in [5, 5.41) is 0.176. The molecule has 9 heteroatoms. The van der Waals surface area contributed by atoms with Gasteiger partial charge in [-0.25, -0.2) is 13.4 Å². The molecule has 0 spiro atoms. The topological polar surface area (TPSA) is 91.4 Å². The maximum Gasteiger partial charge on any atom is 0.260 e. The van der Waals surface area contributed by atoms with Gasteiger partial charge in [-0.1, -0.05) is 0 Å². The minimum Gasteiger partial charge on any atom is -0.490 e. The first-order valence-corrected chi connectivity index (χ1v) is 10.9. The molecular weight excluding hydrogens is 366 g/mol. The summed E-state index contributed by atoms with van der Waals surface area (Å²) in [6.45, 7) is 3.10. The summed E-state index contributed by atoms with van der Waals surface area (Å²) < 4.78 is 32.7. The molecule has 0 radical (unpaired) electrons. The summed E-state index contributed by atoms with van der Waals surface area (Å²) in [5.41, 5.74) is 0. The van der Waals surface area contributed by atoms with Crippen molar-refractivity contribution in [3.05, 3.63) is 37.1 Å². The summed E-state index contributed by atoms with van der Waals surface area (Å²) in [6, 6.07) is 4.23. The SMILES string of the molecule is O=S(=O)(c1cnc[nH]1)N1CCC(N2CCC(Oc3ccncc3)CC2)CC1. The van der Waals surface area contributed by atoms with Crippen molar-refractivity contribution in [1.29, 1.82) is 0 Å². The lowest BCUT2D eigenvalue weighted by molar-refractivity contribution is 0.0585. The lowest BCUT2D eigenvalue weighted by atomic mass is 10.00. The highest BCUT2D eigenvalue weighted by molar-refractivity contribution is 7.89. The summed E-state index contributed by atoms with van der Waals surface area (Å²) in [6.07, 6.45) is 10.2. The molecule has 1 N–H and O–H groups in total. The molecule has 0 bridgehead atoms. The summed E-state index contributed by atoms with van der Waals surface area (Å²) in [7, 11) is -3.44. The number of nitrogens with zero attached hydrogens (tertiary/aromatic N) is 4. The molecule has 2 aromatic rings. The zero-order valence-electron chi connectivity index (χ0n) is 15.2. The normalized spacial score (nSPS) is 21.3. The van der Waals surface area contributed by atoms with E-state index >= 15 is 0 Å². The van der Waals surface area contributed by atoms with E-state index in [1.807, 2.05) is 12.1 Å². The number of imidazole rings is 1. The van der Waals surface area contributed by atoms with Crippen LogP contribution in [0.1, 0.15) is 25.7 Å². The number of sulfonamides is 1. The van der Waals surface area contributed by atoms with Crippen LogP contribution in [0.25, 0.3) is 0 Å². The van der Waals surface area contributed by atoms with Gasteiger partial charge in [0.1, 0.15) is 11.9 Å². The van der Waals surface area contributed by atoms with Crippen LogP contribution in [0.5, 0.6) is 5.75 Å². The minimum atomic E-state index is -3.44. The highest BCUT2D eigenvalue weighted by Gasteiger charge is 2.33. The Kier molecular flexibility index (Phi) is 5.42. The molecule has 0 aromatic carbocycles. The molecule has 2 fully saturated rings. The van der Waals surface area contributed by atoms with E-state index in [-0.39, 0.29) is 11.1 Å². The molecule has 0 saturated carbocycles. The summed E-state index contributed by atoms with van der Waals surface area (Å²) >= 11 is 0. The van der Waals surface area contributed by atoms with Crippen molar-refractivity contribution >= 4 is 10.0 Å². The Morgan fingerprint density at radius 3 is 2.33 bits per heavy atom. The van der Waals surface area contributed by atoms with Crippen LogP contribution in [0.15, 0.2) is 42.1 Å². The molecule has 0 unspecified atom stereocenters. The second-order valence-corrected chi connectivity index (χ2v) is 8.99. The van der Waals surface area contributed by atoms with Gasteiger partial charge in [0.05, 0.1) is 12.5 Å². The average molecular weight is 391 g/mol. The number of hydrogen-bond acceptors (Lipinski definition) is 6. The van der Waals surface area contributed by atoms with Gasteiger partial charge in [-0.05, 0) is 37.8 Å². The molecule has 0 aliphatic carbocycles. The van der Waals surface area contributed by atoms with Crippen LogP contribution in [-0.4, -0.2) is 70.9 Å². The third kappa shape index (κ3) is 4.15. The fourth-order valence-electron chi connectivity index (χ4n) is 3.94. The lowest BCUT2D eigenvalue weighted by Crippen LogP contribution is -2.50. The van der Waals surface area contributed by atoms with Crippen molar-refractivity contribution in [3.8, 4) is 5.75 Å². The first-order valence-electron chi connectivity index (χ1n) is 9.42. The number of piperidine rings is 2. The van der Waals surface area contributed by atoms with E-state index in [9.17, 15) is 8.42 Å². The molecule has 0 atom stereocenters. The molecule has 4 heterocycles. The smallest absolute Gasteiger partial charge is 0.260 e. The molecule has 2 aromatic heterocycles. The Labute approximate surface area is 159 Å². The summed E-state index contributed by atoms with van der Waals surface area (Å²) in [5.74, 6) is 0.876. The fourth-order valence-corrected chi connectivity index (χ4v) is 5.30. The Balaban J connectivity index is 1.26. The van der Waals surface area contributed by atoms with Gasteiger partial charge in [-0.3, -0.25) is 4.98 Å². The van der Waals surface area contributed by atoms with Gasteiger partial charge in [0, 0.05) is 44.6 Å². The standard InChI is InChI=1S/C18H25N5O3S/c24-27(25,18-13-20-14-21-18)23-11-3-15(4-12-23)22-9-5-17(6-10-22)26-16-1-7-19-8-2-16/h1-2,7-8,13-15,17H,3-6,9-12H2,(H,20,21). The van der Waals surface area contributed by atoms with Gasteiger partial charge in [0.2, 0.25) is 0 Å². The number of pyridine rings is 1. The van der Waals surface area contributed by atoms with Crippen LogP contribution < -0.4 is 4.74 Å². The predicted octanol–water partition coefficient (Wildman–Crippen LogP) is 1.50. The predicted molar refractivity (Wildman–Crippen MR) is 99.8 cm³/mol. The number of nitrogens with one attached hydrogen (secondary N) is 1. The lowest BCUT2D eigenvalue weighted by Gasteiger charge is -2.41. The number of aromatic amines is 1. The Morgan fingerprint density at radius 1 is 1.00 bits per heavy atom. The van der Waals surface area contributed by atoms with E-state index in [1.54, 1.807) is 16.7 Å². The van der Waals surface area contributed by atoms with Crippen molar-refractivity contribution < 1.29 is 13.2 Å². The van der Waals surface area contributed by atoms with Crippen molar-refractivity contribution in [2.45, 2.75) is 42.9 Å². The monoisotopic (exact) mass is 391 g/mol. The third-order valence-electron chi connectivity index (χ3n) is 5.46. The van der Waals surface area contributed by atoms with Gasteiger partial charge in [0.25, 0.3) is 10.0 Å². The van der Waals surface area contributed by atoms with E-state index in [2.05, 4.69) is 19.9 Å². The van der Waals surface area contributed by atoms with Crippen molar-refractivity contribution in [3.63, 3.8) is 0 Å². The summed E-state index contributed by atoms with van der Waals surface area (Å²) in [4.78, 5) is 13.0. The van der Waals surface area contributed by atoms with E-state index in [0.717, 1.165) is 44.5 Å². The maximum atomic E-state index is 12.6. The van der Waals surface area contributed by atoms with Gasteiger partial charge < -0.3 is 14.6 Å². The number of ether oxygens (including phenoxy) is 1. The van der Waals surface area contributed by atoms with Crippen molar-refractivity contribution in [1.82, 2.24) is 24.2 Å². The Bertz CT molecular complexity index is 812. The molecule has 146 valence electrons. The number of rotatable bonds is 5. The van der Waals surface area contributed by atoms with E-state index in [4.69, 9.17) is 4.74 Å². The average Bonchev–Trinajstić information content (AvgIpc) is 3.25. The highest BCUT2D eigenvalue weighted by atomic mass is 32.2. The molecule has 0 amide bonds. The zero-order chi connectivity index (χ0) is 18.7. The van der Waals surface area contributed by atoms with Crippen LogP contribution in [-0.2, 0) is 10.0 Å². The van der Waals surface area contributed by atoms with Crippen LogP contribution in [0, 0.1) is 0 Å². The van der Waals surface area contributed by atoms with Crippen molar-refractivity contribution in [2.75, 3.05) is 26.2 Å². The number of hydrogen-bond donors (Lipinski definition) is 1.